The highest BCUT2D eigenvalue weighted by molar-refractivity contribution is 7.90. The maximum Gasteiger partial charge on any atom is 0.268 e. The zero-order valence-corrected chi connectivity index (χ0v) is 15.6. The van der Waals surface area contributed by atoms with Crippen molar-refractivity contribution in [2.45, 2.75) is 17.7 Å². The summed E-state index contributed by atoms with van der Waals surface area (Å²) >= 11 is 0. The minimum absolute atomic E-state index is 0.108. The van der Waals surface area contributed by atoms with Gasteiger partial charge in [0.15, 0.2) is 0 Å². The number of guanidine groups is 1. The summed E-state index contributed by atoms with van der Waals surface area (Å²) in [5.41, 5.74) is 12.2. The number of benzene rings is 2. The van der Waals surface area contributed by atoms with Crippen molar-refractivity contribution in [2.75, 3.05) is 0 Å². The lowest BCUT2D eigenvalue weighted by Crippen LogP contribution is -2.22. The molecule has 0 bridgehead atoms. The van der Waals surface area contributed by atoms with Crippen molar-refractivity contribution in [3.05, 3.63) is 66.1 Å². The van der Waals surface area contributed by atoms with Gasteiger partial charge in [-0.15, -0.1) is 5.10 Å². The molecule has 0 atom stereocenters. The molecule has 28 heavy (non-hydrogen) atoms. The van der Waals surface area contributed by atoms with Crippen LogP contribution in [-0.2, 0) is 10.0 Å². The summed E-state index contributed by atoms with van der Waals surface area (Å²) in [5, 5.41) is 8.46. The van der Waals surface area contributed by atoms with Crippen LogP contribution in [0.5, 0.6) is 0 Å². The first-order valence-electron chi connectivity index (χ1n) is 8.66. The fourth-order valence-corrected chi connectivity index (χ4v) is 4.49. The van der Waals surface area contributed by atoms with Crippen LogP contribution >= 0.6 is 0 Å². The van der Waals surface area contributed by atoms with E-state index in [0.717, 1.165) is 16.8 Å². The van der Waals surface area contributed by atoms with Gasteiger partial charge in [-0.1, -0.05) is 18.2 Å². The van der Waals surface area contributed by atoms with Crippen molar-refractivity contribution < 1.29 is 12.8 Å². The molecule has 0 radical (unpaired) electrons. The van der Waals surface area contributed by atoms with Gasteiger partial charge in [0, 0.05) is 23.1 Å². The molecule has 0 spiro atoms. The van der Waals surface area contributed by atoms with E-state index >= 15 is 0 Å². The highest BCUT2D eigenvalue weighted by atomic mass is 32.2. The second-order valence-electron chi connectivity index (χ2n) is 6.60. The van der Waals surface area contributed by atoms with E-state index in [9.17, 15) is 12.8 Å². The summed E-state index contributed by atoms with van der Waals surface area (Å²) in [7, 11) is -3.92. The van der Waals surface area contributed by atoms with Crippen molar-refractivity contribution in [2.24, 2.45) is 27.6 Å². The molecule has 0 unspecified atom stereocenters. The molecule has 1 fully saturated rings. The number of rotatable bonds is 5. The number of hydrogen-bond donors (Lipinski definition) is 2. The van der Waals surface area contributed by atoms with Crippen molar-refractivity contribution in [1.82, 2.24) is 3.97 Å². The van der Waals surface area contributed by atoms with Gasteiger partial charge < -0.3 is 11.5 Å². The van der Waals surface area contributed by atoms with Gasteiger partial charge >= 0.3 is 0 Å². The fourth-order valence-electron chi connectivity index (χ4n) is 3.10. The predicted octanol–water partition coefficient (Wildman–Crippen LogP) is 2.40. The molecule has 1 aromatic heterocycles. The summed E-state index contributed by atoms with van der Waals surface area (Å²) in [6.45, 7) is 0. The lowest BCUT2D eigenvalue weighted by atomic mass is 10.1. The average molecular weight is 399 g/mol. The zero-order valence-electron chi connectivity index (χ0n) is 14.8. The maximum absolute atomic E-state index is 13.9. The number of aromatic nitrogens is 1. The van der Waals surface area contributed by atoms with E-state index in [-0.39, 0.29) is 22.3 Å². The third kappa shape index (κ3) is 3.24. The van der Waals surface area contributed by atoms with Crippen molar-refractivity contribution >= 4 is 32.6 Å². The molecule has 0 amide bonds. The molecular formula is C19H18FN5O2S. The van der Waals surface area contributed by atoms with Gasteiger partial charge in [-0.25, -0.2) is 16.8 Å². The third-order valence-corrected chi connectivity index (χ3v) is 6.23. The quantitative estimate of drug-likeness (QED) is 0.389. The number of nitrogens with two attached hydrogens (primary N) is 2. The molecule has 3 aromatic rings. The highest BCUT2D eigenvalue weighted by Gasteiger charge is 2.32. The Morgan fingerprint density at radius 2 is 1.79 bits per heavy atom. The number of halogens is 1. The van der Waals surface area contributed by atoms with Crippen molar-refractivity contribution in [3.8, 4) is 0 Å². The second-order valence-corrected chi connectivity index (χ2v) is 8.42. The number of fused-ring (bicyclic) bond motifs is 1. The lowest BCUT2D eigenvalue weighted by molar-refractivity contribution is 0.589. The molecule has 4 N–H and O–H groups in total. The number of hydrogen-bond acceptors (Lipinski definition) is 4. The fraction of sp³-hybridized carbons (Fsp3) is 0.158. The first-order chi connectivity index (χ1) is 13.4. The summed E-state index contributed by atoms with van der Waals surface area (Å²) < 4.78 is 41.4. The van der Waals surface area contributed by atoms with Crippen LogP contribution in [0, 0.1) is 11.7 Å². The first-order valence-corrected chi connectivity index (χ1v) is 10.1. The van der Waals surface area contributed by atoms with Crippen LogP contribution in [0.3, 0.4) is 0 Å². The van der Waals surface area contributed by atoms with Gasteiger partial charge in [0.05, 0.1) is 16.1 Å². The molecule has 0 saturated heterocycles. The van der Waals surface area contributed by atoms with Crippen LogP contribution < -0.4 is 11.5 Å². The lowest BCUT2D eigenvalue weighted by Gasteiger charge is -2.07. The normalized spacial score (nSPS) is 15.0. The molecule has 1 aliphatic rings. The van der Waals surface area contributed by atoms with Gasteiger partial charge in [0.2, 0.25) is 5.96 Å². The van der Waals surface area contributed by atoms with E-state index in [2.05, 4.69) is 10.2 Å². The van der Waals surface area contributed by atoms with Gasteiger partial charge in [0.25, 0.3) is 10.0 Å². The van der Waals surface area contributed by atoms with E-state index < -0.39 is 15.8 Å². The minimum atomic E-state index is -3.92. The smallest absolute Gasteiger partial charge is 0.268 e. The Labute approximate surface area is 161 Å². The molecule has 1 aliphatic carbocycles. The Bertz CT molecular complexity index is 1210. The Morgan fingerprint density at radius 1 is 1.07 bits per heavy atom. The molecule has 7 nitrogen and oxygen atoms in total. The molecule has 1 heterocycles. The van der Waals surface area contributed by atoms with Gasteiger partial charge in [-0.2, -0.15) is 5.10 Å². The van der Waals surface area contributed by atoms with E-state index in [1.807, 2.05) is 0 Å². The van der Waals surface area contributed by atoms with Gasteiger partial charge in [-0.05, 0) is 43.2 Å². The maximum atomic E-state index is 13.9. The predicted molar refractivity (Wildman–Crippen MR) is 106 cm³/mol. The molecule has 0 aliphatic heterocycles. The molecule has 9 heteroatoms. The van der Waals surface area contributed by atoms with Crippen LogP contribution in [0.15, 0.2) is 69.8 Å². The van der Waals surface area contributed by atoms with Crippen LogP contribution in [0.25, 0.3) is 10.9 Å². The molecule has 2 aromatic carbocycles. The van der Waals surface area contributed by atoms with Crippen LogP contribution in [0.2, 0.25) is 0 Å². The van der Waals surface area contributed by atoms with Crippen molar-refractivity contribution in [3.63, 3.8) is 0 Å². The largest absolute Gasteiger partial charge is 0.369 e. The van der Waals surface area contributed by atoms with Crippen LogP contribution in [-0.4, -0.2) is 24.1 Å². The standard InChI is InChI=1S/C19H18FN5O2S/c20-13-8-9-15-16(18(12-6-7-12)23-24-19(21)22)11-25(17(15)10-13)28(26,27)14-4-2-1-3-5-14/h1-5,8-12H,6-7H2,(H4,21,22,24)/b23-18-. The molecular weight excluding hydrogens is 381 g/mol. The monoisotopic (exact) mass is 399 g/mol. The average Bonchev–Trinajstić information content (AvgIpc) is 3.43. The van der Waals surface area contributed by atoms with E-state index in [0.29, 0.717) is 16.7 Å². The van der Waals surface area contributed by atoms with E-state index in [1.54, 1.807) is 24.3 Å². The van der Waals surface area contributed by atoms with Crippen LogP contribution in [0.1, 0.15) is 18.4 Å². The second kappa shape index (κ2) is 6.75. The number of nitrogens with zero attached hydrogens (tertiary/aromatic N) is 3. The first kappa shape index (κ1) is 18.2. The Balaban J connectivity index is 1.98. The van der Waals surface area contributed by atoms with Crippen molar-refractivity contribution in [1.29, 1.82) is 0 Å². The molecule has 144 valence electrons. The summed E-state index contributed by atoms with van der Waals surface area (Å²) in [6.07, 6.45) is 3.27. The minimum Gasteiger partial charge on any atom is -0.369 e. The highest BCUT2D eigenvalue weighted by Crippen LogP contribution is 2.37. The van der Waals surface area contributed by atoms with Gasteiger partial charge in [-0.3, -0.25) is 0 Å². The SMILES string of the molecule is NC(N)=N/N=C(\c1cn(S(=O)(=O)c2ccccc2)c2cc(F)ccc12)C1CC1. The molecule has 4 rings (SSSR count). The summed E-state index contributed by atoms with van der Waals surface area (Å²) in [5.74, 6) is -0.590. The summed E-state index contributed by atoms with van der Waals surface area (Å²) in [6, 6.07) is 12.0. The Kier molecular flexibility index (Phi) is 4.38. The Hall–Kier alpha value is -3.20. The molecule has 1 saturated carbocycles. The van der Waals surface area contributed by atoms with E-state index in [1.165, 1.54) is 30.5 Å². The topological polar surface area (TPSA) is 116 Å². The Morgan fingerprint density at radius 3 is 2.43 bits per heavy atom. The van der Waals surface area contributed by atoms with Crippen LogP contribution in [0.4, 0.5) is 4.39 Å². The third-order valence-electron chi connectivity index (χ3n) is 4.55. The van der Waals surface area contributed by atoms with Gasteiger partial charge in [0.1, 0.15) is 5.82 Å². The van der Waals surface area contributed by atoms with E-state index in [4.69, 9.17) is 11.5 Å². The zero-order chi connectivity index (χ0) is 19.9. The summed E-state index contributed by atoms with van der Waals surface area (Å²) in [4.78, 5) is 0.108.